The number of para-hydroxylation sites is 2. The number of rotatable bonds is 4. The highest BCUT2D eigenvalue weighted by molar-refractivity contribution is 6.02. The highest BCUT2D eigenvalue weighted by atomic mass is 16.6. The standard InChI is InChI=1S/C21H17NO5/c23-20(22-16-9-5-7-14-6-1-2-8-15(14)16)13-26-21(24)19-12-25-17-10-3-4-11-18(17)27-19/h1-11,19H,12-13H2,(H,22,23). The van der Waals surface area contributed by atoms with E-state index in [1.54, 1.807) is 24.3 Å². The quantitative estimate of drug-likeness (QED) is 0.721. The Bertz CT molecular complexity index is 995. The lowest BCUT2D eigenvalue weighted by molar-refractivity contribution is -0.156. The molecule has 0 radical (unpaired) electrons. The van der Waals surface area contributed by atoms with Gasteiger partial charge in [-0.15, -0.1) is 0 Å². The number of amides is 1. The number of hydrogen-bond donors (Lipinski definition) is 1. The largest absolute Gasteiger partial charge is 0.485 e. The van der Waals surface area contributed by atoms with Crippen molar-refractivity contribution in [2.24, 2.45) is 0 Å². The highest BCUT2D eigenvalue weighted by Crippen LogP contribution is 2.31. The van der Waals surface area contributed by atoms with Gasteiger partial charge in [0.1, 0.15) is 6.61 Å². The van der Waals surface area contributed by atoms with Gasteiger partial charge in [0.15, 0.2) is 18.1 Å². The Morgan fingerprint density at radius 1 is 0.963 bits per heavy atom. The minimum Gasteiger partial charge on any atom is -0.485 e. The molecule has 1 amide bonds. The Morgan fingerprint density at radius 2 is 1.70 bits per heavy atom. The summed E-state index contributed by atoms with van der Waals surface area (Å²) < 4.78 is 16.1. The lowest BCUT2D eigenvalue weighted by Crippen LogP contribution is -2.39. The summed E-state index contributed by atoms with van der Waals surface area (Å²) in [5, 5.41) is 4.70. The molecule has 6 nitrogen and oxygen atoms in total. The van der Waals surface area contributed by atoms with Crippen LogP contribution in [0.3, 0.4) is 0 Å². The predicted octanol–water partition coefficient (Wildman–Crippen LogP) is 3.16. The third kappa shape index (κ3) is 3.69. The van der Waals surface area contributed by atoms with E-state index >= 15 is 0 Å². The van der Waals surface area contributed by atoms with Crippen molar-refractivity contribution >= 4 is 28.3 Å². The molecule has 3 aromatic carbocycles. The molecule has 3 aromatic rings. The Labute approximate surface area is 155 Å². The van der Waals surface area contributed by atoms with Gasteiger partial charge in [-0.2, -0.15) is 0 Å². The molecule has 1 heterocycles. The first-order valence-electron chi connectivity index (χ1n) is 8.53. The number of carbonyl (C=O) groups is 2. The van der Waals surface area contributed by atoms with E-state index in [2.05, 4.69) is 5.32 Å². The van der Waals surface area contributed by atoms with Crippen LogP contribution in [0.4, 0.5) is 5.69 Å². The van der Waals surface area contributed by atoms with Crippen molar-refractivity contribution in [3.63, 3.8) is 0 Å². The normalized spacial score (nSPS) is 15.2. The van der Waals surface area contributed by atoms with Crippen molar-refractivity contribution in [1.29, 1.82) is 0 Å². The van der Waals surface area contributed by atoms with E-state index in [4.69, 9.17) is 14.2 Å². The molecule has 0 saturated heterocycles. The second-order valence-corrected chi connectivity index (χ2v) is 6.05. The molecule has 27 heavy (non-hydrogen) atoms. The fourth-order valence-electron chi connectivity index (χ4n) is 2.89. The monoisotopic (exact) mass is 363 g/mol. The SMILES string of the molecule is O=C(COC(=O)C1COc2ccccc2O1)Nc1cccc2ccccc12. The minimum atomic E-state index is -0.898. The number of esters is 1. The van der Waals surface area contributed by atoms with Crippen LogP contribution in [-0.4, -0.2) is 31.2 Å². The van der Waals surface area contributed by atoms with E-state index in [1.807, 2.05) is 42.5 Å². The van der Waals surface area contributed by atoms with Crippen LogP contribution in [-0.2, 0) is 14.3 Å². The van der Waals surface area contributed by atoms with Crippen LogP contribution < -0.4 is 14.8 Å². The van der Waals surface area contributed by atoms with E-state index in [9.17, 15) is 9.59 Å². The number of carbonyl (C=O) groups excluding carboxylic acids is 2. The van der Waals surface area contributed by atoms with Crippen molar-refractivity contribution in [2.75, 3.05) is 18.5 Å². The maximum Gasteiger partial charge on any atom is 0.351 e. The number of benzene rings is 3. The van der Waals surface area contributed by atoms with Crippen LogP contribution >= 0.6 is 0 Å². The van der Waals surface area contributed by atoms with Crippen molar-refractivity contribution in [3.8, 4) is 11.5 Å². The first-order valence-corrected chi connectivity index (χ1v) is 8.53. The molecule has 1 aliphatic rings. The number of nitrogens with one attached hydrogen (secondary N) is 1. The zero-order chi connectivity index (χ0) is 18.6. The Balaban J connectivity index is 1.35. The molecule has 0 spiro atoms. The molecule has 1 atom stereocenters. The molecule has 1 aliphatic heterocycles. The van der Waals surface area contributed by atoms with Gasteiger partial charge in [-0.25, -0.2) is 4.79 Å². The highest BCUT2D eigenvalue weighted by Gasteiger charge is 2.29. The number of ether oxygens (including phenoxy) is 3. The third-order valence-electron chi connectivity index (χ3n) is 4.18. The van der Waals surface area contributed by atoms with Crippen LogP contribution in [0.1, 0.15) is 0 Å². The van der Waals surface area contributed by atoms with E-state index < -0.39 is 24.6 Å². The smallest absolute Gasteiger partial charge is 0.351 e. The average molecular weight is 363 g/mol. The average Bonchev–Trinajstić information content (AvgIpc) is 2.72. The Kier molecular flexibility index (Phi) is 4.61. The third-order valence-corrected chi connectivity index (χ3v) is 4.18. The molecular weight excluding hydrogens is 346 g/mol. The lowest BCUT2D eigenvalue weighted by atomic mass is 10.1. The maximum atomic E-state index is 12.2. The summed E-state index contributed by atoms with van der Waals surface area (Å²) in [6.07, 6.45) is -0.898. The maximum absolute atomic E-state index is 12.2. The van der Waals surface area contributed by atoms with Crippen LogP contribution in [0.5, 0.6) is 11.5 Å². The molecule has 0 fully saturated rings. The summed E-state index contributed by atoms with van der Waals surface area (Å²) in [6, 6.07) is 20.4. The number of fused-ring (bicyclic) bond motifs is 2. The molecule has 1 unspecified atom stereocenters. The first-order chi connectivity index (χ1) is 13.2. The summed E-state index contributed by atoms with van der Waals surface area (Å²) in [7, 11) is 0. The summed E-state index contributed by atoms with van der Waals surface area (Å²) in [5.74, 6) is -0.00411. The van der Waals surface area contributed by atoms with Crippen LogP contribution in [0.2, 0.25) is 0 Å². The van der Waals surface area contributed by atoms with Gasteiger partial charge in [0, 0.05) is 11.1 Å². The lowest BCUT2D eigenvalue weighted by Gasteiger charge is -2.24. The van der Waals surface area contributed by atoms with E-state index in [0.717, 1.165) is 10.8 Å². The zero-order valence-corrected chi connectivity index (χ0v) is 14.4. The molecule has 0 aliphatic carbocycles. The van der Waals surface area contributed by atoms with Gasteiger partial charge in [0.2, 0.25) is 6.10 Å². The van der Waals surface area contributed by atoms with E-state index in [1.165, 1.54) is 0 Å². The molecule has 0 aromatic heterocycles. The van der Waals surface area contributed by atoms with Crippen molar-refractivity contribution < 1.29 is 23.8 Å². The van der Waals surface area contributed by atoms with E-state index in [0.29, 0.717) is 17.2 Å². The van der Waals surface area contributed by atoms with Crippen molar-refractivity contribution in [3.05, 3.63) is 66.7 Å². The number of anilines is 1. The van der Waals surface area contributed by atoms with Gasteiger partial charge in [-0.1, -0.05) is 48.5 Å². The second-order valence-electron chi connectivity index (χ2n) is 6.05. The zero-order valence-electron chi connectivity index (χ0n) is 14.4. The van der Waals surface area contributed by atoms with E-state index in [-0.39, 0.29) is 6.61 Å². The molecule has 0 saturated carbocycles. The Hall–Kier alpha value is -3.54. The van der Waals surface area contributed by atoms with Crippen LogP contribution in [0.25, 0.3) is 10.8 Å². The van der Waals surface area contributed by atoms with Gasteiger partial charge in [0.05, 0.1) is 0 Å². The molecule has 0 bridgehead atoms. The van der Waals surface area contributed by atoms with Crippen LogP contribution in [0.15, 0.2) is 66.7 Å². The van der Waals surface area contributed by atoms with Gasteiger partial charge >= 0.3 is 5.97 Å². The van der Waals surface area contributed by atoms with Crippen LogP contribution in [0, 0.1) is 0 Å². The molecule has 4 rings (SSSR count). The minimum absolute atomic E-state index is 0.0424. The second kappa shape index (κ2) is 7.37. The van der Waals surface area contributed by atoms with Gasteiger partial charge in [-0.3, -0.25) is 4.79 Å². The summed E-state index contributed by atoms with van der Waals surface area (Å²) >= 11 is 0. The van der Waals surface area contributed by atoms with Gasteiger partial charge in [-0.05, 0) is 23.6 Å². The summed E-state index contributed by atoms with van der Waals surface area (Å²) in [4.78, 5) is 24.4. The first kappa shape index (κ1) is 16.9. The summed E-state index contributed by atoms with van der Waals surface area (Å²) in [5.41, 5.74) is 0.667. The molecule has 136 valence electrons. The Morgan fingerprint density at radius 3 is 2.59 bits per heavy atom. The fourth-order valence-corrected chi connectivity index (χ4v) is 2.89. The topological polar surface area (TPSA) is 73.9 Å². The summed E-state index contributed by atoms with van der Waals surface area (Å²) in [6.45, 7) is -0.357. The molecule has 1 N–H and O–H groups in total. The van der Waals surface area contributed by atoms with Crippen molar-refractivity contribution in [2.45, 2.75) is 6.10 Å². The molecule has 6 heteroatoms. The predicted molar refractivity (Wildman–Crippen MR) is 99.9 cm³/mol. The van der Waals surface area contributed by atoms with Gasteiger partial charge < -0.3 is 19.5 Å². The number of hydrogen-bond acceptors (Lipinski definition) is 5. The fraction of sp³-hybridized carbons (Fsp3) is 0.143. The molecular formula is C21H17NO5. The van der Waals surface area contributed by atoms with Gasteiger partial charge in [0.25, 0.3) is 5.91 Å². The van der Waals surface area contributed by atoms with Crippen molar-refractivity contribution in [1.82, 2.24) is 0 Å².